The molecule has 0 spiro atoms. The molecule has 3 rings (SSSR count). The molecular weight excluding hydrogens is 372 g/mol. The zero-order valence-corrected chi connectivity index (χ0v) is 17.4. The summed E-state index contributed by atoms with van der Waals surface area (Å²) < 4.78 is 33.9. The first-order valence-electron chi connectivity index (χ1n) is 10.1. The van der Waals surface area contributed by atoms with E-state index in [9.17, 15) is 8.78 Å². The van der Waals surface area contributed by atoms with Gasteiger partial charge in [-0.2, -0.15) is 0 Å². The average molecular weight is 399 g/mol. The Hall–Kier alpha value is -2.76. The van der Waals surface area contributed by atoms with Crippen molar-refractivity contribution in [1.82, 2.24) is 9.97 Å². The van der Waals surface area contributed by atoms with Crippen molar-refractivity contribution in [2.24, 2.45) is 0 Å². The highest BCUT2D eigenvalue weighted by Gasteiger charge is 2.22. The van der Waals surface area contributed by atoms with Crippen molar-refractivity contribution in [3.63, 3.8) is 0 Å². The molecule has 0 saturated carbocycles. The summed E-state index contributed by atoms with van der Waals surface area (Å²) in [6, 6.07) is 8.16. The van der Waals surface area contributed by atoms with Gasteiger partial charge in [-0.15, -0.1) is 0 Å². The van der Waals surface area contributed by atoms with Crippen LogP contribution in [0.4, 0.5) is 14.6 Å². The van der Waals surface area contributed by atoms with Crippen LogP contribution in [0.3, 0.4) is 0 Å². The van der Waals surface area contributed by atoms with Crippen LogP contribution in [0.5, 0.6) is 5.75 Å². The minimum absolute atomic E-state index is 0.177. The van der Waals surface area contributed by atoms with Crippen molar-refractivity contribution < 1.29 is 13.5 Å². The summed E-state index contributed by atoms with van der Waals surface area (Å²) in [5.74, 6) is 0.693. The van der Waals surface area contributed by atoms with E-state index in [2.05, 4.69) is 16.8 Å². The quantitative estimate of drug-likeness (QED) is 0.467. The van der Waals surface area contributed by atoms with Crippen molar-refractivity contribution in [1.29, 1.82) is 0 Å². The van der Waals surface area contributed by atoms with Gasteiger partial charge in [-0.05, 0) is 57.0 Å². The van der Waals surface area contributed by atoms with Crippen LogP contribution >= 0.6 is 0 Å². The van der Waals surface area contributed by atoms with E-state index in [1.54, 1.807) is 13.0 Å². The highest BCUT2D eigenvalue weighted by Crippen LogP contribution is 2.33. The summed E-state index contributed by atoms with van der Waals surface area (Å²) in [7, 11) is 0. The molecule has 2 aromatic heterocycles. The predicted octanol–water partition coefficient (Wildman–Crippen LogP) is 5.98. The molecule has 0 radical (unpaired) electrons. The van der Waals surface area contributed by atoms with Gasteiger partial charge in [0, 0.05) is 17.7 Å². The predicted molar refractivity (Wildman–Crippen MR) is 112 cm³/mol. The lowest BCUT2D eigenvalue weighted by Crippen LogP contribution is -2.29. The number of pyridine rings is 2. The Kier molecular flexibility index (Phi) is 6.62. The second kappa shape index (κ2) is 9.16. The smallest absolute Gasteiger partial charge is 0.146 e. The Morgan fingerprint density at radius 1 is 1.10 bits per heavy atom. The monoisotopic (exact) mass is 399 g/mol. The molecule has 154 valence electrons. The lowest BCUT2D eigenvalue weighted by Gasteiger charge is -2.31. The maximum atomic E-state index is 14.0. The summed E-state index contributed by atoms with van der Waals surface area (Å²) >= 11 is 0. The van der Waals surface area contributed by atoms with Crippen LogP contribution in [0.15, 0.2) is 36.5 Å². The second-order valence-corrected chi connectivity index (χ2v) is 7.17. The molecule has 0 unspecified atom stereocenters. The number of nitrogens with zero attached hydrogens (tertiary/aromatic N) is 3. The van der Waals surface area contributed by atoms with Crippen molar-refractivity contribution >= 4 is 16.9 Å². The largest absolute Gasteiger partial charge is 0.493 e. The number of anilines is 1. The van der Waals surface area contributed by atoms with Gasteiger partial charge >= 0.3 is 0 Å². The Bertz CT molecular complexity index is 993. The van der Waals surface area contributed by atoms with E-state index < -0.39 is 0 Å². The summed E-state index contributed by atoms with van der Waals surface area (Å²) in [6.45, 7) is 9.10. The van der Waals surface area contributed by atoms with Crippen LogP contribution < -0.4 is 9.64 Å². The number of halogens is 2. The third kappa shape index (κ3) is 4.47. The lowest BCUT2D eigenvalue weighted by atomic mass is 10.0. The van der Waals surface area contributed by atoms with E-state index in [0.717, 1.165) is 18.4 Å². The van der Waals surface area contributed by atoms with Gasteiger partial charge in [-0.25, -0.2) is 13.8 Å². The van der Waals surface area contributed by atoms with Gasteiger partial charge in [0.25, 0.3) is 0 Å². The molecule has 0 aliphatic heterocycles. The number of fused-ring (bicyclic) bond motifs is 1. The molecule has 2 heterocycles. The Morgan fingerprint density at radius 3 is 2.62 bits per heavy atom. The van der Waals surface area contributed by atoms with Crippen molar-refractivity contribution in [2.75, 3.05) is 18.1 Å². The van der Waals surface area contributed by atoms with Crippen LogP contribution in [0.25, 0.3) is 11.0 Å². The molecule has 0 aliphatic rings. The molecule has 29 heavy (non-hydrogen) atoms. The molecule has 0 amide bonds. The van der Waals surface area contributed by atoms with Gasteiger partial charge in [0.2, 0.25) is 0 Å². The standard InChI is InChI=1S/C23H27F2N3O/c1-5-11-28(16(4)18-13-17(24)7-9-21(18)29-12-6-2)22-10-8-20-23(27-22)15(3)19(25)14-26-20/h7-10,13-14,16H,5-6,11-12H2,1-4H3/t16-/m1/s1. The molecular formula is C23H27F2N3O. The van der Waals surface area contributed by atoms with Crippen LogP contribution in [-0.4, -0.2) is 23.1 Å². The van der Waals surface area contributed by atoms with E-state index >= 15 is 0 Å². The topological polar surface area (TPSA) is 38.2 Å². The SMILES string of the molecule is CCCOc1ccc(F)cc1[C@@H](C)N(CCC)c1ccc2ncc(F)c(C)c2n1. The van der Waals surface area contributed by atoms with Crippen LogP contribution in [0, 0.1) is 18.6 Å². The fraction of sp³-hybridized carbons (Fsp3) is 0.391. The van der Waals surface area contributed by atoms with Gasteiger partial charge in [0.15, 0.2) is 0 Å². The maximum absolute atomic E-state index is 14.0. The maximum Gasteiger partial charge on any atom is 0.146 e. The highest BCUT2D eigenvalue weighted by atomic mass is 19.1. The lowest BCUT2D eigenvalue weighted by molar-refractivity contribution is 0.311. The van der Waals surface area contributed by atoms with E-state index in [1.165, 1.54) is 18.3 Å². The van der Waals surface area contributed by atoms with Crippen LogP contribution in [-0.2, 0) is 0 Å². The van der Waals surface area contributed by atoms with Crippen molar-refractivity contribution in [2.45, 2.75) is 46.6 Å². The molecule has 6 heteroatoms. The number of ether oxygens (including phenoxy) is 1. The fourth-order valence-electron chi connectivity index (χ4n) is 3.42. The first kappa shape index (κ1) is 21.0. The Balaban J connectivity index is 2.05. The summed E-state index contributed by atoms with van der Waals surface area (Å²) in [6.07, 6.45) is 2.97. The van der Waals surface area contributed by atoms with Gasteiger partial charge in [0.1, 0.15) is 23.2 Å². The first-order valence-corrected chi connectivity index (χ1v) is 10.1. The molecule has 0 saturated heterocycles. The number of rotatable bonds is 8. The third-order valence-electron chi connectivity index (χ3n) is 5.00. The zero-order valence-electron chi connectivity index (χ0n) is 17.4. The third-order valence-corrected chi connectivity index (χ3v) is 5.00. The minimum Gasteiger partial charge on any atom is -0.493 e. The summed E-state index contributed by atoms with van der Waals surface area (Å²) in [5, 5.41) is 0. The van der Waals surface area contributed by atoms with E-state index in [0.29, 0.717) is 41.3 Å². The van der Waals surface area contributed by atoms with Crippen molar-refractivity contribution in [3.8, 4) is 5.75 Å². The highest BCUT2D eigenvalue weighted by molar-refractivity contribution is 5.79. The molecule has 1 atom stereocenters. The van der Waals surface area contributed by atoms with E-state index in [4.69, 9.17) is 9.72 Å². The van der Waals surface area contributed by atoms with E-state index in [1.807, 2.05) is 26.0 Å². The molecule has 3 aromatic rings. The van der Waals surface area contributed by atoms with Gasteiger partial charge in [-0.3, -0.25) is 4.98 Å². The van der Waals surface area contributed by atoms with Gasteiger partial charge in [0.05, 0.1) is 29.9 Å². The first-order chi connectivity index (χ1) is 14.0. The minimum atomic E-state index is -0.377. The Labute approximate surface area is 170 Å². The van der Waals surface area contributed by atoms with Gasteiger partial charge < -0.3 is 9.64 Å². The van der Waals surface area contributed by atoms with Crippen LogP contribution in [0.1, 0.15) is 50.8 Å². The molecule has 0 bridgehead atoms. The summed E-state index contributed by atoms with van der Waals surface area (Å²) in [4.78, 5) is 10.9. The molecule has 0 N–H and O–H groups in total. The summed E-state index contributed by atoms with van der Waals surface area (Å²) in [5.41, 5.74) is 2.42. The number of aromatic nitrogens is 2. The molecule has 0 aliphatic carbocycles. The number of benzene rings is 1. The van der Waals surface area contributed by atoms with Crippen molar-refractivity contribution in [3.05, 3.63) is 59.3 Å². The molecule has 1 aromatic carbocycles. The number of hydrogen-bond acceptors (Lipinski definition) is 4. The zero-order chi connectivity index (χ0) is 21.0. The second-order valence-electron chi connectivity index (χ2n) is 7.17. The Morgan fingerprint density at radius 2 is 1.90 bits per heavy atom. The number of aryl methyl sites for hydroxylation is 1. The fourth-order valence-corrected chi connectivity index (χ4v) is 3.42. The van der Waals surface area contributed by atoms with Gasteiger partial charge in [-0.1, -0.05) is 13.8 Å². The molecule has 4 nitrogen and oxygen atoms in total. The average Bonchev–Trinajstić information content (AvgIpc) is 2.73. The van der Waals surface area contributed by atoms with E-state index in [-0.39, 0.29) is 17.7 Å². The molecule has 0 fully saturated rings. The van der Waals surface area contributed by atoms with Crippen LogP contribution in [0.2, 0.25) is 0 Å². The normalized spacial score (nSPS) is 12.2. The number of hydrogen-bond donors (Lipinski definition) is 0.